The molecule has 8 heteroatoms. The van der Waals surface area contributed by atoms with Gasteiger partial charge in [0, 0.05) is 43.9 Å². The Kier molecular flexibility index (Phi) is 6.20. The number of carbonyl (C=O) groups is 1. The Bertz CT molecular complexity index is 950. The van der Waals surface area contributed by atoms with Gasteiger partial charge in [-0.15, -0.1) is 0 Å². The van der Waals surface area contributed by atoms with Crippen LogP contribution in [0.15, 0.2) is 48.5 Å². The van der Waals surface area contributed by atoms with Gasteiger partial charge in [0.2, 0.25) is 0 Å². The lowest BCUT2D eigenvalue weighted by atomic mass is 10.1. The highest BCUT2D eigenvalue weighted by Crippen LogP contribution is 2.34. The van der Waals surface area contributed by atoms with Crippen molar-refractivity contribution in [2.24, 2.45) is 0 Å². The van der Waals surface area contributed by atoms with E-state index in [1.807, 2.05) is 36.9 Å². The van der Waals surface area contributed by atoms with E-state index in [-0.39, 0.29) is 29.8 Å². The number of fused-ring (bicyclic) bond motifs is 1. The van der Waals surface area contributed by atoms with Gasteiger partial charge >= 0.3 is 0 Å². The van der Waals surface area contributed by atoms with E-state index < -0.39 is 4.92 Å². The van der Waals surface area contributed by atoms with Crippen molar-refractivity contribution in [3.8, 4) is 0 Å². The van der Waals surface area contributed by atoms with Crippen LogP contribution in [0.1, 0.15) is 29.8 Å². The highest BCUT2D eigenvalue weighted by atomic mass is 16.6. The van der Waals surface area contributed by atoms with Crippen molar-refractivity contribution in [1.29, 1.82) is 0 Å². The van der Waals surface area contributed by atoms with E-state index in [0.717, 1.165) is 13.1 Å². The molecule has 31 heavy (non-hydrogen) atoms. The summed E-state index contributed by atoms with van der Waals surface area (Å²) in [5, 5.41) is 14.6. The summed E-state index contributed by atoms with van der Waals surface area (Å²) in [6.07, 6.45) is 0.000910. The second kappa shape index (κ2) is 9.03. The first-order valence-electron chi connectivity index (χ1n) is 10.7. The van der Waals surface area contributed by atoms with Gasteiger partial charge < -0.3 is 15.0 Å². The number of rotatable bonds is 6. The molecule has 2 fully saturated rings. The summed E-state index contributed by atoms with van der Waals surface area (Å²) in [5.41, 5.74) is 2.02. The predicted octanol–water partition coefficient (Wildman–Crippen LogP) is 2.82. The third-order valence-corrected chi connectivity index (χ3v) is 5.84. The maximum Gasteiger partial charge on any atom is 0.293 e. The van der Waals surface area contributed by atoms with E-state index >= 15 is 0 Å². The zero-order chi connectivity index (χ0) is 22.0. The molecular formula is C23H28N4O4. The van der Waals surface area contributed by atoms with Gasteiger partial charge in [-0.2, -0.15) is 0 Å². The molecule has 0 radical (unpaired) electrons. The minimum absolute atomic E-state index is 0.000910. The summed E-state index contributed by atoms with van der Waals surface area (Å²) in [4.78, 5) is 28.1. The number of morpholine rings is 1. The Labute approximate surface area is 181 Å². The molecule has 0 bridgehead atoms. The molecule has 2 saturated heterocycles. The van der Waals surface area contributed by atoms with Crippen LogP contribution in [0.2, 0.25) is 0 Å². The van der Waals surface area contributed by atoms with E-state index in [4.69, 9.17) is 4.74 Å². The van der Waals surface area contributed by atoms with Crippen LogP contribution in [0, 0.1) is 10.1 Å². The summed E-state index contributed by atoms with van der Waals surface area (Å²) in [6, 6.07) is 15.1. The monoisotopic (exact) mass is 424 g/mol. The Morgan fingerprint density at radius 2 is 2.00 bits per heavy atom. The van der Waals surface area contributed by atoms with Crippen molar-refractivity contribution in [2.75, 3.05) is 31.1 Å². The molecule has 2 aliphatic heterocycles. The number of ether oxygens (including phenoxy) is 1. The molecule has 4 rings (SSSR count). The minimum atomic E-state index is -0.411. The van der Waals surface area contributed by atoms with Gasteiger partial charge in [-0.25, -0.2) is 0 Å². The van der Waals surface area contributed by atoms with Crippen LogP contribution >= 0.6 is 0 Å². The van der Waals surface area contributed by atoms with E-state index in [0.29, 0.717) is 30.9 Å². The highest BCUT2D eigenvalue weighted by molar-refractivity contribution is 5.96. The fourth-order valence-corrected chi connectivity index (χ4v) is 4.39. The number of hydrogen-bond donors (Lipinski definition) is 1. The molecule has 0 aliphatic carbocycles. The predicted molar refractivity (Wildman–Crippen MR) is 118 cm³/mol. The molecule has 0 spiro atoms. The van der Waals surface area contributed by atoms with E-state index in [9.17, 15) is 14.9 Å². The van der Waals surface area contributed by atoms with E-state index in [1.54, 1.807) is 12.1 Å². The lowest BCUT2D eigenvalue weighted by molar-refractivity contribution is -0.384. The zero-order valence-corrected chi connectivity index (χ0v) is 17.9. The highest BCUT2D eigenvalue weighted by Gasteiger charge is 2.41. The van der Waals surface area contributed by atoms with Gasteiger partial charge in [0.05, 0.1) is 23.7 Å². The minimum Gasteiger partial charge on any atom is -0.373 e. The van der Waals surface area contributed by atoms with Gasteiger partial charge in [-0.05, 0) is 31.5 Å². The third-order valence-electron chi connectivity index (χ3n) is 5.84. The Morgan fingerprint density at radius 1 is 1.23 bits per heavy atom. The quantitative estimate of drug-likeness (QED) is 0.567. The second-order valence-electron chi connectivity index (χ2n) is 8.43. The van der Waals surface area contributed by atoms with Crippen molar-refractivity contribution in [3.05, 3.63) is 69.8 Å². The summed E-state index contributed by atoms with van der Waals surface area (Å²) >= 11 is 0. The molecule has 164 valence electrons. The van der Waals surface area contributed by atoms with Crippen LogP contribution in [-0.2, 0) is 11.3 Å². The first kappa shape index (κ1) is 21.3. The zero-order valence-electron chi connectivity index (χ0n) is 17.9. The fourth-order valence-electron chi connectivity index (χ4n) is 4.39. The molecule has 1 N–H and O–H groups in total. The van der Waals surface area contributed by atoms with Gasteiger partial charge in [0.15, 0.2) is 0 Å². The summed E-state index contributed by atoms with van der Waals surface area (Å²) in [6.45, 7) is 7.26. The number of carbonyl (C=O) groups excluding carboxylic acids is 1. The molecule has 8 nitrogen and oxygen atoms in total. The van der Waals surface area contributed by atoms with Gasteiger partial charge in [-0.3, -0.25) is 19.8 Å². The van der Waals surface area contributed by atoms with E-state index in [1.165, 1.54) is 11.6 Å². The topological polar surface area (TPSA) is 88.0 Å². The SMILES string of the molecule is CC(C)NC(=O)c1ccc(N2CC3OCCN(Cc4ccccc4)C3C2)c([N+](=O)[O-])c1. The number of nitrogens with one attached hydrogen (secondary N) is 1. The largest absolute Gasteiger partial charge is 0.373 e. The van der Waals surface area contributed by atoms with Crippen molar-refractivity contribution < 1.29 is 14.5 Å². The molecule has 2 aliphatic rings. The van der Waals surface area contributed by atoms with Crippen LogP contribution in [0.25, 0.3) is 0 Å². The lowest BCUT2D eigenvalue weighted by Gasteiger charge is -2.36. The molecule has 2 aromatic rings. The fraction of sp³-hybridized carbons (Fsp3) is 0.435. The number of nitro groups is 1. The molecule has 2 heterocycles. The smallest absolute Gasteiger partial charge is 0.293 e. The second-order valence-corrected chi connectivity index (χ2v) is 8.43. The maximum atomic E-state index is 12.3. The molecule has 0 saturated carbocycles. The number of nitrogens with zero attached hydrogens (tertiary/aromatic N) is 3. The van der Waals surface area contributed by atoms with Crippen LogP contribution in [0.3, 0.4) is 0 Å². The molecule has 2 unspecified atom stereocenters. The first-order valence-corrected chi connectivity index (χ1v) is 10.7. The van der Waals surface area contributed by atoms with Crippen LogP contribution in [0.4, 0.5) is 11.4 Å². The average molecular weight is 425 g/mol. The lowest BCUT2D eigenvalue weighted by Crippen LogP contribution is -2.50. The summed E-state index contributed by atoms with van der Waals surface area (Å²) in [7, 11) is 0. The van der Waals surface area contributed by atoms with Crippen LogP contribution in [-0.4, -0.2) is 60.2 Å². The summed E-state index contributed by atoms with van der Waals surface area (Å²) in [5.74, 6) is -0.308. The van der Waals surface area contributed by atoms with Gasteiger partial charge in [0.1, 0.15) is 5.69 Å². The number of hydrogen-bond acceptors (Lipinski definition) is 6. The normalized spacial score (nSPS) is 21.2. The number of benzene rings is 2. The van der Waals surface area contributed by atoms with Crippen molar-refractivity contribution in [2.45, 2.75) is 38.6 Å². The summed E-state index contributed by atoms with van der Waals surface area (Å²) < 4.78 is 6.01. The van der Waals surface area contributed by atoms with Crippen molar-refractivity contribution in [1.82, 2.24) is 10.2 Å². The first-order chi connectivity index (χ1) is 14.9. The molecule has 2 aromatic carbocycles. The van der Waals surface area contributed by atoms with Gasteiger partial charge in [0.25, 0.3) is 11.6 Å². The van der Waals surface area contributed by atoms with Crippen molar-refractivity contribution >= 4 is 17.3 Å². The molecule has 1 amide bonds. The van der Waals surface area contributed by atoms with Gasteiger partial charge in [-0.1, -0.05) is 30.3 Å². The Morgan fingerprint density at radius 3 is 2.71 bits per heavy atom. The van der Waals surface area contributed by atoms with E-state index in [2.05, 4.69) is 22.3 Å². The Hall–Kier alpha value is -2.97. The standard InChI is InChI=1S/C23H28N4O4/c1-16(2)24-23(28)18-8-9-19(20(12-18)27(29)30)26-14-21-22(15-26)31-11-10-25(21)13-17-6-4-3-5-7-17/h3-9,12,16,21-22H,10-11,13-15H2,1-2H3,(H,24,28). The average Bonchev–Trinajstić information content (AvgIpc) is 3.19. The van der Waals surface area contributed by atoms with Crippen molar-refractivity contribution in [3.63, 3.8) is 0 Å². The Balaban J connectivity index is 1.55. The number of amides is 1. The van der Waals surface area contributed by atoms with Crippen LogP contribution < -0.4 is 10.2 Å². The third kappa shape index (κ3) is 4.70. The molecule has 0 aromatic heterocycles. The maximum absolute atomic E-state index is 12.3. The molecular weight excluding hydrogens is 396 g/mol. The molecule has 2 atom stereocenters. The van der Waals surface area contributed by atoms with Crippen LogP contribution in [0.5, 0.6) is 0 Å². The number of nitro benzene ring substituents is 1. The number of anilines is 1.